The predicted octanol–water partition coefficient (Wildman–Crippen LogP) is 10.8. The van der Waals surface area contributed by atoms with Crippen LogP contribution in [0.1, 0.15) is 5.56 Å². The van der Waals surface area contributed by atoms with Crippen LogP contribution in [0.25, 0.3) is 87.6 Å². The molecule has 0 unspecified atom stereocenters. The smallest absolute Gasteiger partial charge is 0.188 e. The van der Waals surface area contributed by atoms with Crippen LogP contribution in [0, 0.1) is 17.9 Å². The second kappa shape index (κ2) is 10.2. The van der Waals surface area contributed by atoms with Gasteiger partial charge in [0.05, 0.1) is 51.3 Å². The summed E-state index contributed by atoms with van der Waals surface area (Å²) in [6.07, 6.45) is 0. The summed E-state index contributed by atoms with van der Waals surface area (Å²) in [7, 11) is 0. The summed E-state index contributed by atoms with van der Waals surface area (Å²) < 4.78 is 6.73. The number of aromatic nitrogens is 4. The zero-order chi connectivity index (χ0) is 32.6. The van der Waals surface area contributed by atoms with Crippen molar-refractivity contribution in [1.82, 2.24) is 18.7 Å². The lowest BCUT2D eigenvalue weighted by Gasteiger charge is -2.12. The van der Waals surface area contributed by atoms with E-state index >= 15 is 0 Å². The Morgan fingerprint density at radius 3 is 1.82 bits per heavy atom. The highest BCUT2D eigenvalue weighted by molar-refractivity contribution is 6.29. The molecule has 4 heterocycles. The molecule has 10 aromatic rings. The highest BCUT2D eigenvalue weighted by Gasteiger charge is 2.22. The Balaban J connectivity index is 1.29. The molecule has 226 valence electrons. The Morgan fingerprint density at radius 2 is 1.06 bits per heavy atom. The molecule has 0 bridgehead atoms. The maximum absolute atomic E-state index is 9.63. The maximum atomic E-state index is 9.63. The van der Waals surface area contributed by atoms with Gasteiger partial charge < -0.3 is 4.57 Å². The van der Waals surface area contributed by atoms with Crippen LogP contribution in [0.4, 0.5) is 5.69 Å². The lowest BCUT2D eigenvalue weighted by Crippen LogP contribution is -2.03. The van der Waals surface area contributed by atoms with Crippen LogP contribution in [-0.4, -0.2) is 18.7 Å². The van der Waals surface area contributed by atoms with Gasteiger partial charge in [0.25, 0.3) is 0 Å². The summed E-state index contributed by atoms with van der Waals surface area (Å²) in [5, 5.41) is 16.1. The van der Waals surface area contributed by atoms with Gasteiger partial charge in [-0.2, -0.15) is 5.26 Å². The highest BCUT2D eigenvalue weighted by Crippen LogP contribution is 2.43. The molecule has 6 aromatic carbocycles. The van der Waals surface area contributed by atoms with Crippen LogP contribution in [-0.2, 0) is 0 Å². The van der Waals surface area contributed by atoms with Gasteiger partial charge in [-0.25, -0.2) is 9.83 Å². The summed E-state index contributed by atoms with van der Waals surface area (Å²) in [5.74, 6) is 1.60. The molecule has 0 spiro atoms. The number of rotatable bonds is 3. The molecule has 0 aliphatic rings. The minimum Gasteiger partial charge on any atom is -0.309 e. The van der Waals surface area contributed by atoms with E-state index in [1.807, 2.05) is 54.6 Å². The van der Waals surface area contributed by atoms with Crippen molar-refractivity contribution < 1.29 is 0 Å². The van der Waals surface area contributed by atoms with Gasteiger partial charge in [-0.05, 0) is 84.2 Å². The van der Waals surface area contributed by atoms with Crippen molar-refractivity contribution >= 4 is 71.1 Å². The number of hydrogen-bond donors (Lipinski definition) is 0. The number of para-hydroxylation sites is 3. The molecule has 49 heavy (non-hydrogen) atoms. The molecule has 10 rings (SSSR count). The van der Waals surface area contributed by atoms with Crippen LogP contribution in [0.3, 0.4) is 0 Å². The third kappa shape index (κ3) is 3.77. The average molecular weight is 625 g/mol. The van der Waals surface area contributed by atoms with Crippen molar-refractivity contribution in [2.75, 3.05) is 0 Å². The number of pyridine rings is 1. The van der Waals surface area contributed by atoms with E-state index in [-0.39, 0.29) is 0 Å². The van der Waals surface area contributed by atoms with Gasteiger partial charge in [-0.3, -0.25) is 9.13 Å². The molecule has 0 saturated carbocycles. The van der Waals surface area contributed by atoms with Crippen molar-refractivity contribution in [1.29, 1.82) is 5.26 Å². The van der Waals surface area contributed by atoms with E-state index in [1.165, 1.54) is 0 Å². The molecular formula is C43H24N6. The van der Waals surface area contributed by atoms with Gasteiger partial charge in [0.15, 0.2) is 5.69 Å². The third-order valence-electron chi connectivity index (χ3n) is 9.67. The van der Waals surface area contributed by atoms with Gasteiger partial charge in [-0.15, -0.1) is 0 Å². The first-order valence-corrected chi connectivity index (χ1v) is 16.1. The highest BCUT2D eigenvalue weighted by atomic mass is 15.1. The fourth-order valence-corrected chi connectivity index (χ4v) is 7.68. The first kappa shape index (κ1) is 27.0. The maximum Gasteiger partial charge on any atom is 0.188 e. The van der Waals surface area contributed by atoms with E-state index in [0.717, 1.165) is 82.7 Å². The lowest BCUT2D eigenvalue weighted by atomic mass is 10.1. The summed E-state index contributed by atoms with van der Waals surface area (Å²) in [6, 6.07) is 51.8. The average Bonchev–Trinajstić information content (AvgIpc) is 3.80. The molecule has 0 saturated heterocycles. The molecule has 0 N–H and O–H groups in total. The molecule has 6 nitrogen and oxygen atoms in total. The van der Waals surface area contributed by atoms with Gasteiger partial charge in [0.1, 0.15) is 11.6 Å². The second-order valence-corrected chi connectivity index (χ2v) is 12.2. The molecule has 0 radical (unpaired) electrons. The predicted molar refractivity (Wildman–Crippen MR) is 198 cm³/mol. The van der Waals surface area contributed by atoms with Crippen molar-refractivity contribution in [3.8, 4) is 23.4 Å². The van der Waals surface area contributed by atoms with Crippen molar-refractivity contribution in [2.45, 2.75) is 0 Å². The summed E-state index contributed by atoms with van der Waals surface area (Å²) >= 11 is 0. The van der Waals surface area contributed by atoms with Crippen LogP contribution in [0.5, 0.6) is 0 Å². The monoisotopic (exact) mass is 624 g/mol. The van der Waals surface area contributed by atoms with E-state index in [2.05, 4.69) is 116 Å². The van der Waals surface area contributed by atoms with Crippen LogP contribution in [0.15, 0.2) is 146 Å². The van der Waals surface area contributed by atoms with Crippen molar-refractivity contribution in [3.63, 3.8) is 0 Å². The Labute approximate surface area is 280 Å². The third-order valence-corrected chi connectivity index (χ3v) is 9.67. The van der Waals surface area contributed by atoms with E-state index in [0.29, 0.717) is 11.3 Å². The molecule has 0 aliphatic carbocycles. The van der Waals surface area contributed by atoms with E-state index in [9.17, 15) is 5.26 Å². The molecule has 4 aromatic heterocycles. The Morgan fingerprint density at radius 1 is 0.490 bits per heavy atom. The van der Waals surface area contributed by atoms with Crippen molar-refractivity contribution in [2.24, 2.45) is 0 Å². The van der Waals surface area contributed by atoms with Gasteiger partial charge in [0, 0.05) is 32.6 Å². The molecule has 0 fully saturated rings. The molecular weight excluding hydrogens is 601 g/mol. The number of nitriles is 1. The summed E-state index contributed by atoms with van der Waals surface area (Å²) in [4.78, 5) is 9.14. The largest absolute Gasteiger partial charge is 0.309 e. The molecule has 0 atom stereocenters. The normalized spacial score (nSPS) is 11.6. The second-order valence-electron chi connectivity index (χ2n) is 12.2. The number of nitrogens with zero attached hydrogens (tertiary/aromatic N) is 6. The number of fused-ring (bicyclic) bond motifs is 10. The SMILES string of the molecule is [C-]#[N+]c1ccc2c(c1)c1c3c4ccccc4n(-c4cccc(-n5c6ccccc6c6cc(C#N)ccc65)n4)c3ccc1n2-c1ccccc1. The summed E-state index contributed by atoms with van der Waals surface area (Å²) in [6.45, 7) is 7.80. The molecule has 6 heteroatoms. The van der Waals surface area contributed by atoms with Gasteiger partial charge in [0.2, 0.25) is 0 Å². The first-order valence-electron chi connectivity index (χ1n) is 16.1. The van der Waals surface area contributed by atoms with E-state index in [4.69, 9.17) is 11.6 Å². The quantitative estimate of drug-likeness (QED) is 0.184. The van der Waals surface area contributed by atoms with Crippen LogP contribution < -0.4 is 0 Å². The van der Waals surface area contributed by atoms with Crippen LogP contribution in [0.2, 0.25) is 0 Å². The van der Waals surface area contributed by atoms with E-state index in [1.54, 1.807) is 0 Å². The fraction of sp³-hybridized carbons (Fsp3) is 0. The molecule has 0 amide bonds. The van der Waals surface area contributed by atoms with E-state index < -0.39 is 0 Å². The standard InChI is InChI=1S/C43H24N6/c1-45-28-19-21-37-33(25-28)43-38(47(37)29-10-3-2-4-11-29)22-23-39-42(43)31-13-6-8-15-35(31)49(39)41-17-9-16-40(46-41)48-34-14-7-5-12-30(34)32-24-27(26-44)18-20-36(32)48/h2-25H. The minimum absolute atomic E-state index is 0.614. The molecule has 0 aliphatic heterocycles. The topological polar surface area (TPSA) is 55.8 Å². The van der Waals surface area contributed by atoms with Crippen LogP contribution >= 0.6 is 0 Å². The first-order chi connectivity index (χ1) is 24.2. The zero-order valence-electron chi connectivity index (χ0n) is 26.0. The Kier molecular flexibility index (Phi) is 5.61. The Bertz CT molecular complexity index is 3070. The Hall–Kier alpha value is -7.15. The zero-order valence-corrected chi connectivity index (χ0v) is 26.0. The summed E-state index contributed by atoms with van der Waals surface area (Å²) in [5.41, 5.74) is 8.59. The van der Waals surface area contributed by atoms with Gasteiger partial charge >= 0.3 is 0 Å². The minimum atomic E-state index is 0.614. The van der Waals surface area contributed by atoms with Gasteiger partial charge in [-0.1, -0.05) is 66.7 Å². The lowest BCUT2D eigenvalue weighted by molar-refractivity contribution is 1.01. The number of hydrogen-bond acceptors (Lipinski definition) is 2. The number of benzene rings is 6. The fourth-order valence-electron chi connectivity index (χ4n) is 7.68. The van der Waals surface area contributed by atoms with Crippen molar-refractivity contribution in [3.05, 3.63) is 163 Å².